The molecule has 0 N–H and O–H groups in total. The fourth-order valence-electron chi connectivity index (χ4n) is 5.31. The molecule has 0 spiro atoms. The van der Waals surface area contributed by atoms with Crippen molar-refractivity contribution in [3.8, 4) is 23.0 Å². The van der Waals surface area contributed by atoms with Crippen LogP contribution in [-0.2, 0) is 18.9 Å². The molecule has 302 valence electrons. The van der Waals surface area contributed by atoms with E-state index >= 15 is 0 Å². The summed E-state index contributed by atoms with van der Waals surface area (Å²) in [6.07, 6.45) is 1.33. The average molecular weight is 791 g/mol. The number of benzene rings is 5. The predicted octanol–water partition coefficient (Wildman–Crippen LogP) is 8.19. The van der Waals surface area contributed by atoms with Gasteiger partial charge in [0.2, 0.25) is 0 Å². The molecule has 0 aliphatic carbocycles. The van der Waals surface area contributed by atoms with Gasteiger partial charge in [-0.05, 0) is 60.7 Å². The third kappa shape index (κ3) is 14.4. The molecular formula is C46H46O12. The van der Waals surface area contributed by atoms with Gasteiger partial charge < -0.3 is 37.9 Å². The van der Waals surface area contributed by atoms with Crippen LogP contribution in [0.5, 0.6) is 23.0 Å². The average Bonchev–Trinajstić information content (AvgIpc) is 3.26. The minimum absolute atomic E-state index is 0.0625. The van der Waals surface area contributed by atoms with E-state index in [0.717, 1.165) is 12.1 Å². The number of hydrogen-bond acceptors (Lipinski definition) is 12. The third-order valence-corrected chi connectivity index (χ3v) is 8.17. The van der Waals surface area contributed by atoms with Gasteiger partial charge >= 0.3 is 23.9 Å². The lowest BCUT2D eigenvalue weighted by molar-refractivity contribution is 0.0422. The Labute approximate surface area is 337 Å². The van der Waals surface area contributed by atoms with E-state index in [-0.39, 0.29) is 75.1 Å². The second-order valence-corrected chi connectivity index (χ2v) is 12.5. The van der Waals surface area contributed by atoms with Crippen LogP contribution in [0.2, 0.25) is 0 Å². The van der Waals surface area contributed by atoms with Crippen LogP contribution >= 0.6 is 0 Å². The number of carbonyl (C=O) groups is 4. The van der Waals surface area contributed by atoms with Crippen LogP contribution in [0.1, 0.15) is 67.1 Å². The topological polar surface area (TPSA) is 142 Å². The van der Waals surface area contributed by atoms with E-state index in [9.17, 15) is 19.2 Å². The van der Waals surface area contributed by atoms with Gasteiger partial charge in [-0.15, -0.1) is 0 Å². The molecule has 0 aromatic heterocycles. The highest BCUT2D eigenvalue weighted by atomic mass is 16.6. The molecule has 0 amide bonds. The molecule has 0 heterocycles. The summed E-state index contributed by atoms with van der Waals surface area (Å²) in [7, 11) is 0. The summed E-state index contributed by atoms with van der Waals surface area (Å²) in [5, 5.41) is 0. The zero-order valence-corrected chi connectivity index (χ0v) is 32.1. The van der Waals surface area contributed by atoms with Gasteiger partial charge in [0.05, 0.1) is 75.1 Å². The summed E-state index contributed by atoms with van der Waals surface area (Å²) >= 11 is 0. The first-order valence-electron chi connectivity index (χ1n) is 19.1. The first kappa shape index (κ1) is 42.3. The van der Waals surface area contributed by atoms with E-state index in [0.29, 0.717) is 48.7 Å². The lowest BCUT2D eigenvalue weighted by atomic mass is 9.98. The maximum absolute atomic E-state index is 13.6. The van der Waals surface area contributed by atoms with Crippen molar-refractivity contribution in [2.75, 3.05) is 52.9 Å². The maximum atomic E-state index is 13.6. The molecule has 58 heavy (non-hydrogen) atoms. The molecule has 0 unspecified atom stereocenters. The summed E-state index contributed by atoms with van der Waals surface area (Å²) in [4.78, 5) is 54.4. The van der Waals surface area contributed by atoms with Gasteiger partial charge in [-0.3, -0.25) is 0 Å². The van der Waals surface area contributed by atoms with Gasteiger partial charge in [-0.25, -0.2) is 19.2 Å². The van der Waals surface area contributed by atoms with Crippen LogP contribution in [0.3, 0.4) is 0 Å². The Morgan fingerprint density at radius 3 is 0.707 bits per heavy atom. The van der Waals surface area contributed by atoms with Crippen molar-refractivity contribution in [2.24, 2.45) is 0 Å². The molecule has 0 radical (unpaired) electrons. The number of ether oxygens (including phenoxy) is 8. The lowest BCUT2D eigenvalue weighted by Gasteiger charge is -2.16. The smallest absolute Gasteiger partial charge is 0.339 e. The van der Waals surface area contributed by atoms with E-state index in [2.05, 4.69) is 0 Å². The van der Waals surface area contributed by atoms with E-state index in [1.165, 1.54) is 0 Å². The minimum atomic E-state index is -0.914. The molecule has 0 atom stereocenters. The van der Waals surface area contributed by atoms with Crippen LogP contribution in [0.4, 0.5) is 0 Å². The molecule has 0 aliphatic rings. The Bertz CT molecular complexity index is 1720. The van der Waals surface area contributed by atoms with Crippen LogP contribution in [0.25, 0.3) is 0 Å². The first-order chi connectivity index (χ1) is 28.5. The van der Waals surface area contributed by atoms with E-state index < -0.39 is 23.9 Å². The van der Waals surface area contributed by atoms with Crippen molar-refractivity contribution < 1.29 is 57.1 Å². The van der Waals surface area contributed by atoms with Crippen LogP contribution in [0.15, 0.2) is 133 Å². The van der Waals surface area contributed by atoms with Gasteiger partial charge in [0.15, 0.2) is 0 Å². The fourth-order valence-corrected chi connectivity index (χ4v) is 5.31. The molecule has 0 aliphatic heterocycles. The van der Waals surface area contributed by atoms with Crippen molar-refractivity contribution in [3.63, 3.8) is 0 Å². The number of rotatable bonds is 24. The normalized spacial score (nSPS) is 10.5. The van der Waals surface area contributed by atoms with Crippen molar-refractivity contribution in [2.45, 2.75) is 25.7 Å². The van der Waals surface area contributed by atoms with Crippen LogP contribution in [-0.4, -0.2) is 76.7 Å². The zero-order valence-electron chi connectivity index (χ0n) is 32.1. The Morgan fingerprint density at radius 1 is 0.293 bits per heavy atom. The standard InChI is InChI=1S/C46H46O12/c47-43(55-29-13-25-51-35-17-5-1-6-18-35)39-33-41(45(49)57-31-15-27-53-37-21-9-3-10-22-37)42(46(50)58-32-16-28-54-38-23-11-4-12-24-38)34-40(39)44(48)56-30-14-26-52-36-19-7-2-8-20-36/h1-12,17-24,33-34H,13-16,25-32H2. The summed E-state index contributed by atoms with van der Waals surface area (Å²) < 4.78 is 44.8. The lowest BCUT2D eigenvalue weighted by Crippen LogP contribution is -2.22. The third-order valence-electron chi connectivity index (χ3n) is 8.17. The number of para-hydroxylation sites is 4. The first-order valence-corrected chi connectivity index (χ1v) is 19.1. The predicted molar refractivity (Wildman–Crippen MR) is 214 cm³/mol. The molecular weight excluding hydrogens is 744 g/mol. The number of hydrogen-bond donors (Lipinski definition) is 0. The SMILES string of the molecule is O=C(OCCCOc1ccccc1)c1cc(C(=O)OCCCOc2ccccc2)c(C(=O)OCCCOc2ccccc2)cc1C(=O)OCCCOc1ccccc1. The monoisotopic (exact) mass is 790 g/mol. The molecule has 12 heteroatoms. The van der Waals surface area contributed by atoms with Crippen molar-refractivity contribution >= 4 is 23.9 Å². The van der Waals surface area contributed by atoms with Crippen LogP contribution in [0, 0.1) is 0 Å². The van der Waals surface area contributed by atoms with E-state index in [4.69, 9.17) is 37.9 Å². The largest absolute Gasteiger partial charge is 0.493 e. The highest BCUT2D eigenvalue weighted by molar-refractivity contribution is 6.10. The summed E-state index contributed by atoms with van der Waals surface area (Å²) in [6, 6.07) is 38.9. The fraction of sp³-hybridized carbons (Fsp3) is 0.261. The van der Waals surface area contributed by atoms with Gasteiger partial charge in [0.1, 0.15) is 23.0 Å². The van der Waals surface area contributed by atoms with Gasteiger partial charge in [0, 0.05) is 25.7 Å². The number of esters is 4. The molecule has 5 aromatic rings. The highest BCUT2D eigenvalue weighted by Gasteiger charge is 2.29. The Hall–Kier alpha value is -6.82. The van der Waals surface area contributed by atoms with Crippen molar-refractivity contribution in [3.05, 3.63) is 156 Å². The van der Waals surface area contributed by atoms with Crippen LogP contribution < -0.4 is 18.9 Å². The molecule has 0 fully saturated rings. The molecule has 12 nitrogen and oxygen atoms in total. The Morgan fingerprint density at radius 2 is 0.500 bits per heavy atom. The molecule has 0 saturated heterocycles. The number of carbonyl (C=O) groups excluding carboxylic acids is 4. The summed E-state index contributed by atoms with van der Waals surface area (Å²) in [5.74, 6) is -1.01. The quantitative estimate of drug-likeness (QED) is 0.0338. The molecule has 5 aromatic carbocycles. The van der Waals surface area contributed by atoms with Gasteiger partial charge in [-0.2, -0.15) is 0 Å². The van der Waals surface area contributed by atoms with Crippen molar-refractivity contribution in [1.29, 1.82) is 0 Å². The zero-order chi connectivity index (χ0) is 40.6. The second-order valence-electron chi connectivity index (χ2n) is 12.5. The van der Waals surface area contributed by atoms with Gasteiger partial charge in [0.25, 0.3) is 0 Å². The van der Waals surface area contributed by atoms with Crippen molar-refractivity contribution in [1.82, 2.24) is 0 Å². The van der Waals surface area contributed by atoms with Gasteiger partial charge in [-0.1, -0.05) is 72.8 Å². The molecule has 0 saturated carbocycles. The highest BCUT2D eigenvalue weighted by Crippen LogP contribution is 2.23. The Kier molecular flexibility index (Phi) is 17.5. The second kappa shape index (κ2) is 24.0. The molecule has 0 bridgehead atoms. The van der Waals surface area contributed by atoms with E-state index in [1.54, 1.807) is 48.5 Å². The summed E-state index contributed by atoms with van der Waals surface area (Å²) in [5.41, 5.74) is -1.16. The Balaban J connectivity index is 1.29. The summed E-state index contributed by atoms with van der Waals surface area (Å²) in [6.45, 7) is 0.766. The molecule has 5 rings (SSSR count). The minimum Gasteiger partial charge on any atom is -0.493 e. The maximum Gasteiger partial charge on any atom is 0.339 e. The van der Waals surface area contributed by atoms with E-state index in [1.807, 2.05) is 72.8 Å².